The van der Waals surface area contributed by atoms with E-state index < -0.39 is 0 Å². The van der Waals surface area contributed by atoms with E-state index in [1.165, 1.54) is 30.4 Å². The van der Waals surface area contributed by atoms with Crippen LogP contribution in [0.25, 0.3) is 0 Å². The summed E-state index contributed by atoms with van der Waals surface area (Å²) in [6.45, 7) is 4.08. The zero-order valence-electron chi connectivity index (χ0n) is 14.5. The lowest BCUT2D eigenvalue weighted by molar-refractivity contribution is 0.0903. The van der Waals surface area contributed by atoms with Crippen LogP contribution in [0.3, 0.4) is 0 Å². The first-order valence-electron chi connectivity index (χ1n) is 9.00. The first-order valence-corrected chi connectivity index (χ1v) is 9.00. The molecule has 1 fully saturated rings. The van der Waals surface area contributed by atoms with E-state index in [0.29, 0.717) is 11.6 Å². The van der Waals surface area contributed by atoms with E-state index in [0.717, 1.165) is 25.0 Å². The molecule has 2 aromatic rings. The molecule has 1 heterocycles. The molecule has 24 heavy (non-hydrogen) atoms. The molecule has 1 unspecified atom stereocenters. The molecule has 1 aliphatic carbocycles. The Morgan fingerprint density at radius 2 is 2.08 bits per heavy atom. The number of rotatable bonds is 5. The van der Waals surface area contributed by atoms with Crippen LogP contribution in [0.5, 0.6) is 0 Å². The molecule has 0 spiro atoms. The average Bonchev–Trinajstić information content (AvgIpc) is 3.09. The van der Waals surface area contributed by atoms with Crippen LogP contribution in [0.15, 0.2) is 34.9 Å². The molecule has 1 atom stereocenters. The minimum absolute atomic E-state index is 0.0412. The summed E-state index contributed by atoms with van der Waals surface area (Å²) >= 11 is 0. The molecule has 4 nitrogen and oxygen atoms in total. The quantitative estimate of drug-likeness (QED) is 0.874. The van der Waals surface area contributed by atoms with Crippen molar-refractivity contribution in [3.05, 3.63) is 52.9 Å². The van der Waals surface area contributed by atoms with Crippen LogP contribution < -0.4 is 5.32 Å². The summed E-state index contributed by atoms with van der Waals surface area (Å²) in [5.41, 5.74) is 2.78. The molecule has 1 N–H and O–H groups in total. The van der Waals surface area contributed by atoms with Gasteiger partial charge >= 0.3 is 0 Å². The molecule has 1 aromatic carbocycles. The van der Waals surface area contributed by atoms with Gasteiger partial charge in [0, 0.05) is 12.5 Å². The maximum Gasteiger partial charge on any atom is 0.273 e. The van der Waals surface area contributed by atoms with E-state index in [1.54, 1.807) is 6.07 Å². The number of carbonyl (C=O) groups excluding carboxylic acids is 1. The molecular formula is C20H26N2O2. The van der Waals surface area contributed by atoms with E-state index in [2.05, 4.69) is 41.7 Å². The highest BCUT2D eigenvalue weighted by molar-refractivity contribution is 5.92. The third-order valence-corrected chi connectivity index (χ3v) is 4.95. The maximum atomic E-state index is 12.7. The lowest BCUT2D eigenvalue weighted by atomic mass is 9.81. The van der Waals surface area contributed by atoms with Crippen molar-refractivity contribution in [1.29, 1.82) is 0 Å². The normalized spacial score (nSPS) is 16.8. The molecular weight excluding hydrogens is 300 g/mol. The van der Waals surface area contributed by atoms with Crippen LogP contribution in [-0.2, 0) is 6.42 Å². The molecule has 1 saturated carbocycles. The van der Waals surface area contributed by atoms with Crippen molar-refractivity contribution < 1.29 is 9.32 Å². The highest BCUT2D eigenvalue weighted by Gasteiger charge is 2.27. The third kappa shape index (κ3) is 3.86. The zero-order valence-corrected chi connectivity index (χ0v) is 14.5. The van der Waals surface area contributed by atoms with E-state index >= 15 is 0 Å². The van der Waals surface area contributed by atoms with Gasteiger partial charge in [-0.2, -0.15) is 0 Å². The standard InChI is InChI=1S/C20H26N2O2/c1-3-17-13-18(22-24-17)20(23)21-19(15-9-5-4-6-10-15)16-11-7-8-14(2)12-16/h7-8,11-13,15,19H,3-6,9-10H2,1-2H3,(H,21,23). The van der Waals surface area contributed by atoms with Gasteiger partial charge in [0.05, 0.1) is 6.04 Å². The monoisotopic (exact) mass is 326 g/mol. The molecule has 0 radical (unpaired) electrons. The number of aromatic nitrogens is 1. The number of amides is 1. The first-order chi connectivity index (χ1) is 11.7. The summed E-state index contributed by atoms with van der Waals surface area (Å²) in [6.07, 6.45) is 6.85. The summed E-state index contributed by atoms with van der Waals surface area (Å²) in [7, 11) is 0. The third-order valence-electron chi connectivity index (χ3n) is 4.95. The van der Waals surface area contributed by atoms with E-state index in [-0.39, 0.29) is 11.9 Å². The fourth-order valence-corrected chi connectivity index (χ4v) is 3.61. The second kappa shape index (κ2) is 7.65. The highest BCUT2D eigenvalue weighted by Crippen LogP contribution is 2.35. The van der Waals surface area contributed by atoms with Crippen LogP contribution in [0.2, 0.25) is 0 Å². The second-order valence-corrected chi connectivity index (χ2v) is 6.80. The van der Waals surface area contributed by atoms with Gasteiger partial charge in [0.15, 0.2) is 5.69 Å². The predicted octanol–water partition coefficient (Wildman–Crippen LogP) is 4.60. The molecule has 0 saturated heterocycles. The Labute approximate surface area is 143 Å². The van der Waals surface area contributed by atoms with Crippen LogP contribution in [-0.4, -0.2) is 11.1 Å². The smallest absolute Gasteiger partial charge is 0.273 e. The van der Waals surface area contributed by atoms with Gasteiger partial charge in [-0.1, -0.05) is 61.2 Å². The number of carbonyl (C=O) groups is 1. The molecule has 1 amide bonds. The number of benzene rings is 1. The van der Waals surface area contributed by atoms with Crippen molar-refractivity contribution in [1.82, 2.24) is 10.5 Å². The SMILES string of the molecule is CCc1cc(C(=O)NC(c2cccc(C)c2)C2CCCCC2)no1. The summed E-state index contributed by atoms with van der Waals surface area (Å²) in [4.78, 5) is 12.7. The Balaban J connectivity index is 1.82. The van der Waals surface area contributed by atoms with Crippen LogP contribution >= 0.6 is 0 Å². The number of hydrogen-bond donors (Lipinski definition) is 1. The average molecular weight is 326 g/mol. The van der Waals surface area contributed by atoms with Crippen molar-refractivity contribution in [2.75, 3.05) is 0 Å². The van der Waals surface area contributed by atoms with Gasteiger partial charge in [-0.15, -0.1) is 0 Å². The van der Waals surface area contributed by atoms with Crippen LogP contribution in [0, 0.1) is 12.8 Å². The van der Waals surface area contributed by atoms with Crippen molar-refractivity contribution in [2.24, 2.45) is 5.92 Å². The lowest BCUT2D eigenvalue weighted by Gasteiger charge is -2.31. The van der Waals surface area contributed by atoms with Crippen molar-refractivity contribution >= 4 is 5.91 Å². The van der Waals surface area contributed by atoms with Crippen LogP contribution in [0.1, 0.15) is 72.4 Å². The number of nitrogens with zero attached hydrogens (tertiary/aromatic N) is 1. The minimum Gasteiger partial charge on any atom is -0.361 e. The second-order valence-electron chi connectivity index (χ2n) is 6.80. The lowest BCUT2D eigenvalue weighted by Crippen LogP contribution is -2.34. The Morgan fingerprint density at radius 1 is 1.29 bits per heavy atom. The molecule has 0 bridgehead atoms. The highest BCUT2D eigenvalue weighted by atomic mass is 16.5. The molecule has 1 aromatic heterocycles. The van der Waals surface area contributed by atoms with Gasteiger partial charge in [0.1, 0.15) is 5.76 Å². The van der Waals surface area contributed by atoms with Gasteiger partial charge in [0.2, 0.25) is 0 Å². The summed E-state index contributed by atoms with van der Waals surface area (Å²) in [5, 5.41) is 7.13. The molecule has 128 valence electrons. The van der Waals surface area contributed by atoms with Gasteiger partial charge in [-0.3, -0.25) is 4.79 Å². The van der Waals surface area contributed by atoms with Crippen LogP contribution in [0.4, 0.5) is 0 Å². The van der Waals surface area contributed by atoms with Crippen molar-refractivity contribution in [2.45, 2.75) is 58.4 Å². The first kappa shape index (κ1) is 16.7. The topological polar surface area (TPSA) is 55.1 Å². The Bertz CT molecular complexity index is 686. The Kier molecular flexibility index (Phi) is 5.34. The van der Waals surface area contributed by atoms with Gasteiger partial charge in [-0.05, 0) is 31.2 Å². The fourth-order valence-electron chi connectivity index (χ4n) is 3.61. The van der Waals surface area contributed by atoms with E-state index in [4.69, 9.17) is 4.52 Å². The summed E-state index contributed by atoms with van der Waals surface area (Å²) < 4.78 is 5.18. The largest absolute Gasteiger partial charge is 0.361 e. The molecule has 3 rings (SSSR count). The van der Waals surface area contributed by atoms with Gasteiger partial charge in [-0.25, -0.2) is 0 Å². The van der Waals surface area contributed by atoms with Crippen molar-refractivity contribution in [3.63, 3.8) is 0 Å². The Hall–Kier alpha value is -2.10. The fraction of sp³-hybridized carbons (Fsp3) is 0.500. The maximum absolute atomic E-state index is 12.7. The summed E-state index contributed by atoms with van der Waals surface area (Å²) in [5.74, 6) is 1.09. The predicted molar refractivity (Wildman–Crippen MR) is 93.8 cm³/mol. The number of hydrogen-bond acceptors (Lipinski definition) is 3. The summed E-state index contributed by atoms with van der Waals surface area (Å²) in [6, 6.07) is 10.2. The Morgan fingerprint density at radius 3 is 2.75 bits per heavy atom. The molecule has 1 aliphatic rings. The number of nitrogens with one attached hydrogen (secondary N) is 1. The van der Waals surface area contributed by atoms with Crippen molar-refractivity contribution in [3.8, 4) is 0 Å². The minimum atomic E-state index is -0.143. The van der Waals surface area contributed by atoms with Gasteiger partial charge < -0.3 is 9.84 Å². The van der Waals surface area contributed by atoms with Gasteiger partial charge in [0.25, 0.3) is 5.91 Å². The number of aryl methyl sites for hydroxylation is 2. The van der Waals surface area contributed by atoms with E-state index in [1.807, 2.05) is 6.92 Å². The molecule has 0 aliphatic heterocycles. The van der Waals surface area contributed by atoms with E-state index in [9.17, 15) is 4.79 Å². The zero-order chi connectivity index (χ0) is 16.9. The molecule has 4 heteroatoms.